The zero-order valence-corrected chi connectivity index (χ0v) is 13.0. The van der Waals surface area contributed by atoms with E-state index in [0.717, 1.165) is 5.69 Å². The number of hydrogen-bond donors (Lipinski definition) is 1. The molecule has 110 valence electrons. The number of ether oxygens (including phenoxy) is 1. The molecule has 1 heterocycles. The fourth-order valence-electron chi connectivity index (χ4n) is 1.47. The quantitative estimate of drug-likeness (QED) is 0.813. The summed E-state index contributed by atoms with van der Waals surface area (Å²) >= 11 is 0. The summed E-state index contributed by atoms with van der Waals surface area (Å²) in [5.41, 5.74) is 0.885. The molecule has 6 nitrogen and oxygen atoms in total. The van der Waals surface area contributed by atoms with E-state index in [9.17, 15) is 8.42 Å². The molecule has 0 aromatic carbocycles. The largest absolute Gasteiger partial charge is 0.383 e. The maximum atomic E-state index is 11.6. The highest BCUT2D eigenvalue weighted by atomic mass is 32.2. The van der Waals surface area contributed by atoms with Gasteiger partial charge in [-0.05, 0) is 20.8 Å². The van der Waals surface area contributed by atoms with Crippen LogP contribution in [0.2, 0.25) is 0 Å². The summed E-state index contributed by atoms with van der Waals surface area (Å²) in [4.78, 5) is 4.35. The fourth-order valence-corrected chi connectivity index (χ4v) is 1.81. The van der Waals surface area contributed by atoms with Crippen molar-refractivity contribution >= 4 is 15.8 Å². The molecule has 0 radical (unpaired) electrons. The van der Waals surface area contributed by atoms with Crippen LogP contribution in [0.15, 0.2) is 6.20 Å². The van der Waals surface area contributed by atoms with Gasteiger partial charge in [0.15, 0.2) is 9.84 Å². The first-order valence-corrected chi connectivity index (χ1v) is 8.03. The van der Waals surface area contributed by atoms with Crippen molar-refractivity contribution in [3.63, 3.8) is 0 Å². The van der Waals surface area contributed by atoms with Gasteiger partial charge in [0.2, 0.25) is 5.95 Å². The standard InChI is InChI=1S/C12H23N3O3S/c1-10-8-15(6-7-18-4)11(14-10)13-9-12(2,3)19(5,16)17/h8H,6-7,9H2,1-5H3,(H,13,14). The molecule has 1 N–H and O–H groups in total. The van der Waals surface area contributed by atoms with Crippen LogP contribution in [-0.2, 0) is 21.1 Å². The van der Waals surface area contributed by atoms with Crippen molar-refractivity contribution in [3.8, 4) is 0 Å². The summed E-state index contributed by atoms with van der Waals surface area (Å²) in [5.74, 6) is 0.672. The van der Waals surface area contributed by atoms with Gasteiger partial charge in [-0.1, -0.05) is 0 Å². The number of rotatable bonds is 7. The highest BCUT2D eigenvalue weighted by molar-refractivity contribution is 7.92. The molecule has 0 bridgehead atoms. The molecule has 19 heavy (non-hydrogen) atoms. The Hall–Kier alpha value is -1.08. The summed E-state index contributed by atoms with van der Waals surface area (Å²) in [6.45, 7) is 6.87. The Kier molecular flexibility index (Phi) is 4.98. The lowest BCUT2D eigenvalue weighted by Crippen LogP contribution is -2.38. The summed E-state index contributed by atoms with van der Waals surface area (Å²) in [5, 5.41) is 3.11. The molecule has 0 aliphatic heterocycles. The molecule has 0 unspecified atom stereocenters. The van der Waals surface area contributed by atoms with Gasteiger partial charge in [-0.25, -0.2) is 13.4 Å². The monoisotopic (exact) mass is 289 g/mol. The Balaban J connectivity index is 2.78. The highest BCUT2D eigenvalue weighted by Gasteiger charge is 2.30. The van der Waals surface area contributed by atoms with E-state index in [1.165, 1.54) is 6.26 Å². The maximum absolute atomic E-state index is 11.6. The van der Waals surface area contributed by atoms with Crippen LogP contribution in [0, 0.1) is 6.92 Å². The molecule has 7 heteroatoms. The van der Waals surface area contributed by atoms with Crippen LogP contribution in [0.3, 0.4) is 0 Å². The molecule has 0 aliphatic carbocycles. The van der Waals surface area contributed by atoms with E-state index in [-0.39, 0.29) is 0 Å². The van der Waals surface area contributed by atoms with Crippen LogP contribution in [0.25, 0.3) is 0 Å². The smallest absolute Gasteiger partial charge is 0.203 e. The lowest BCUT2D eigenvalue weighted by atomic mass is 10.2. The zero-order valence-electron chi connectivity index (χ0n) is 12.2. The molecule has 1 rings (SSSR count). The molecule has 0 spiro atoms. The first-order chi connectivity index (χ1) is 8.67. The number of methoxy groups -OCH3 is 1. The van der Waals surface area contributed by atoms with Gasteiger partial charge in [-0.3, -0.25) is 0 Å². The lowest BCUT2D eigenvalue weighted by Gasteiger charge is -2.23. The Labute approximate surface area is 115 Å². The van der Waals surface area contributed by atoms with E-state index in [1.54, 1.807) is 21.0 Å². The van der Waals surface area contributed by atoms with Crippen molar-refractivity contribution in [2.45, 2.75) is 32.1 Å². The average molecular weight is 289 g/mol. The van der Waals surface area contributed by atoms with Gasteiger partial charge >= 0.3 is 0 Å². The number of aryl methyl sites for hydroxylation is 1. The molecule has 0 fully saturated rings. The van der Waals surface area contributed by atoms with Crippen LogP contribution in [0.5, 0.6) is 0 Å². The Bertz CT molecular complexity index is 520. The van der Waals surface area contributed by atoms with Crippen molar-refractivity contribution in [2.24, 2.45) is 0 Å². The predicted molar refractivity (Wildman–Crippen MR) is 76.3 cm³/mol. The Morgan fingerprint density at radius 3 is 2.63 bits per heavy atom. The molecule has 0 saturated carbocycles. The van der Waals surface area contributed by atoms with E-state index in [0.29, 0.717) is 25.6 Å². The maximum Gasteiger partial charge on any atom is 0.203 e. The second kappa shape index (κ2) is 5.92. The van der Waals surface area contributed by atoms with E-state index in [1.807, 2.05) is 17.7 Å². The Morgan fingerprint density at radius 1 is 1.47 bits per heavy atom. The minimum Gasteiger partial charge on any atom is -0.383 e. The Morgan fingerprint density at radius 2 is 2.11 bits per heavy atom. The van der Waals surface area contributed by atoms with E-state index in [2.05, 4.69) is 10.3 Å². The summed E-state index contributed by atoms with van der Waals surface area (Å²) in [6.07, 6.45) is 3.16. The first-order valence-electron chi connectivity index (χ1n) is 6.13. The summed E-state index contributed by atoms with van der Waals surface area (Å²) in [6, 6.07) is 0. The minimum atomic E-state index is -3.12. The van der Waals surface area contributed by atoms with Crippen LogP contribution in [-0.4, -0.2) is 49.2 Å². The molecule has 0 aliphatic rings. The van der Waals surface area contributed by atoms with Gasteiger partial charge in [-0.15, -0.1) is 0 Å². The van der Waals surface area contributed by atoms with Crippen LogP contribution < -0.4 is 5.32 Å². The van der Waals surface area contributed by atoms with Gasteiger partial charge in [0.25, 0.3) is 0 Å². The number of anilines is 1. The van der Waals surface area contributed by atoms with E-state index < -0.39 is 14.6 Å². The number of imidazole rings is 1. The van der Waals surface area contributed by atoms with Crippen LogP contribution in [0.4, 0.5) is 5.95 Å². The van der Waals surface area contributed by atoms with Crippen molar-refractivity contribution in [1.82, 2.24) is 9.55 Å². The van der Waals surface area contributed by atoms with Gasteiger partial charge < -0.3 is 14.6 Å². The second-order valence-electron chi connectivity index (χ2n) is 5.28. The minimum absolute atomic E-state index is 0.315. The average Bonchev–Trinajstić information content (AvgIpc) is 2.63. The van der Waals surface area contributed by atoms with Crippen molar-refractivity contribution in [1.29, 1.82) is 0 Å². The third-order valence-corrected chi connectivity index (χ3v) is 5.26. The fraction of sp³-hybridized carbons (Fsp3) is 0.750. The molecular formula is C12H23N3O3S. The van der Waals surface area contributed by atoms with Crippen molar-refractivity contribution in [3.05, 3.63) is 11.9 Å². The van der Waals surface area contributed by atoms with Crippen molar-refractivity contribution in [2.75, 3.05) is 31.8 Å². The summed E-state index contributed by atoms with van der Waals surface area (Å²) in [7, 11) is -1.48. The number of sulfone groups is 1. The highest BCUT2D eigenvalue weighted by Crippen LogP contribution is 2.17. The second-order valence-corrected chi connectivity index (χ2v) is 7.93. The van der Waals surface area contributed by atoms with Gasteiger partial charge in [0, 0.05) is 32.7 Å². The van der Waals surface area contributed by atoms with E-state index in [4.69, 9.17) is 4.74 Å². The van der Waals surface area contributed by atoms with Gasteiger partial charge in [0.1, 0.15) is 0 Å². The third-order valence-electron chi connectivity index (χ3n) is 3.11. The predicted octanol–water partition coefficient (Wildman–Crippen LogP) is 1.07. The number of nitrogens with one attached hydrogen (secondary N) is 1. The van der Waals surface area contributed by atoms with Crippen molar-refractivity contribution < 1.29 is 13.2 Å². The number of hydrogen-bond acceptors (Lipinski definition) is 5. The van der Waals surface area contributed by atoms with Crippen LogP contribution >= 0.6 is 0 Å². The third kappa shape index (κ3) is 4.21. The molecular weight excluding hydrogens is 266 g/mol. The van der Waals surface area contributed by atoms with Gasteiger partial charge in [0.05, 0.1) is 17.0 Å². The molecule has 0 saturated heterocycles. The number of aromatic nitrogens is 2. The van der Waals surface area contributed by atoms with Gasteiger partial charge in [-0.2, -0.15) is 0 Å². The van der Waals surface area contributed by atoms with E-state index >= 15 is 0 Å². The molecule has 0 amide bonds. The SMILES string of the molecule is COCCn1cc(C)nc1NCC(C)(C)S(C)(=O)=O. The first kappa shape index (κ1) is 16.0. The topological polar surface area (TPSA) is 73.2 Å². The van der Waals surface area contributed by atoms with Crippen LogP contribution in [0.1, 0.15) is 19.5 Å². The molecule has 1 aromatic rings. The number of nitrogens with zero attached hydrogens (tertiary/aromatic N) is 2. The summed E-state index contributed by atoms with van der Waals surface area (Å²) < 4.78 is 29.4. The lowest BCUT2D eigenvalue weighted by molar-refractivity contribution is 0.187. The molecule has 1 aromatic heterocycles. The zero-order chi connectivity index (χ0) is 14.7. The normalized spacial score (nSPS) is 12.7. The molecule has 0 atom stereocenters.